The van der Waals surface area contributed by atoms with E-state index in [1.807, 2.05) is 0 Å². The molecule has 2 aliphatic rings. The Bertz CT molecular complexity index is 623. The number of anilines is 2. The number of piperidine rings is 1. The normalized spacial score (nSPS) is 23.0. The number of nitrogens with one attached hydrogen (secondary N) is 1. The minimum Gasteiger partial charge on any atom is -0.497 e. The fourth-order valence-corrected chi connectivity index (χ4v) is 2.52. The maximum Gasteiger partial charge on any atom is 0.244 e. The Hall–Kier alpha value is -2.57. The lowest BCUT2D eigenvalue weighted by molar-refractivity contribution is -0.143. The molecule has 7 heteroatoms. The van der Waals surface area contributed by atoms with Crippen LogP contribution in [0.5, 0.6) is 5.75 Å². The van der Waals surface area contributed by atoms with Gasteiger partial charge in [0.1, 0.15) is 12.3 Å². The summed E-state index contributed by atoms with van der Waals surface area (Å²) in [4.78, 5) is 36.5. The predicted octanol–water partition coefficient (Wildman–Crippen LogP) is 0.221. The van der Waals surface area contributed by atoms with Gasteiger partial charge in [0, 0.05) is 6.07 Å². The molecule has 3 amide bonds. The van der Waals surface area contributed by atoms with Crippen LogP contribution >= 0.6 is 0 Å². The molecule has 1 aromatic rings. The molecule has 0 radical (unpaired) electrons. The molecule has 2 unspecified atom stereocenters. The number of rotatable bonds is 4. The molecule has 1 saturated heterocycles. The fourth-order valence-electron chi connectivity index (χ4n) is 2.52. The zero-order valence-electron chi connectivity index (χ0n) is 11.5. The van der Waals surface area contributed by atoms with Gasteiger partial charge in [-0.15, -0.1) is 0 Å². The van der Waals surface area contributed by atoms with Crippen molar-refractivity contribution in [2.75, 3.05) is 24.7 Å². The van der Waals surface area contributed by atoms with Crippen molar-refractivity contribution in [1.29, 1.82) is 0 Å². The summed E-state index contributed by atoms with van der Waals surface area (Å²) < 4.78 is 5.02. The number of carbonyl (C=O) groups is 3. The molecule has 2 fully saturated rings. The number of nitrogens with two attached hydrogens (primary N) is 1. The Labute approximate surface area is 121 Å². The molecule has 1 saturated carbocycles. The molecule has 1 aromatic carbocycles. The highest BCUT2D eigenvalue weighted by molar-refractivity contribution is 6.11. The van der Waals surface area contributed by atoms with Crippen LogP contribution in [-0.4, -0.2) is 36.3 Å². The highest BCUT2D eigenvalue weighted by Crippen LogP contribution is 2.46. The van der Waals surface area contributed by atoms with Crippen LogP contribution in [0.25, 0.3) is 0 Å². The third-order valence-electron chi connectivity index (χ3n) is 3.79. The number of fused-ring (bicyclic) bond motifs is 1. The molecule has 0 spiro atoms. The minimum absolute atomic E-state index is 0.198. The van der Waals surface area contributed by atoms with Crippen molar-refractivity contribution in [1.82, 2.24) is 4.90 Å². The Morgan fingerprint density at radius 3 is 2.62 bits per heavy atom. The van der Waals surface area contributed by atoms with Crippen molar-refractivity contribution in [3.8, 4) is 5.75 Å². The summed E-state index contributed by atoms with van der Waals surface area (Å²) in [5.41, 5.74) is 6.57. The van der Waals surface area contributed by atoms with E-state index >= 15 is 0 Å². The number of hydrogen-bond acceptors (Lipinski definition) is 5. The van der Waals surface area contributed by atoms with Gasteiger partial charge in [-0.3, -0.25) is 19.3 Å². The standard InChI is InChI=1S/C14H15N3O4/c1-21-7-2-3-11(10(15)4-7)16-12(18)6-17-13(19)8-5-9(8)14(17)20/h2-4,8-9H,5-6,15H2,1H3,(H,16,18). The molecule has 0 bridgehead atoms. The second-order valence-electron chi connectivity index (χ2n) is 5.21. The fraction of sp³-hybridized carbons (Fsp3) is 0.357. The number of amides is 3. The van der Waals surface area contributed by atoms with Gasteiger partial charge < -0.3 is 15.8 Å². The topological polar surface area (TPSA) is 102 Å². The summed E-state index contributed by atoms with van der Waals surface area (Å²) >= 11 is 0. The van der Waals surface area contributed by atoms with E-state index in [0.717, 1.165) is 4.90 Å². The molecular formula is C14H15N3O4. The molecule has 1 aliphatic carbocycles. The average Bonchev–Trinajstić information content (AvgIpc) is 3.21. The third-order valence-corrected chi connectivity index (χ3v) is 3.79. The Kier molecular flexibility index (Phi) is 3.04. The van der Waals surface area contributed by atoms with Crippen LogP contribution in [0.1, 0.15) is 6.42 Å². The van der Waals surface area contributed by atoms with E-state index in [9.17, 15) is 14.4 Å². The van der Waals surface area contributed by atoms with Crippen molar-refractivity contribution in [3.05, 3.63) is 18.2 Å². The largest absolute Gasteiger partial charge is 0.497 e. The van der Waals surface area contributed by atoms with Gasteiger partial charge in [-0.1, -0.05) is 0 Å². The smallest absolute Gasteiger partial charge is 0.244 e. The van der Waals surface area contributed by atoms with E-state index in [2.05, 4.69) is 5.32 Å². The van der Waals surface area contributed by atoms with E-state index in [-0.39, 0.29) is 30.2 Å². The first-order chi connectivity index (χ1) is 10.0. The van der Waals surface area contributed by atoms with Crippen LogP contribution in [-0.2, 0) is 14.4 Å². The van der Waals surface area contributed by atoms with Gasteiger partial charge in [0.05, 0.1) is 30.3 Å². The zero-order valence-corrected chi connectivity index (χ0v) is 11.5. The Balaban J connectivity index is 1.64. The van der Waals surface area contributed by atoms with Crippen molar-refractivity contribution < 1.29 is 19.1 Å². The summed E-state index contributed by atoms with van der Waals surface area (Å²) in [6, 6.07) is 4.85. The lowest BCUT2D eigenvalue weighted by Gasteiger charge is -2.16. The first-order valence-corrected chi connectivity index (χ1v) is 6.60. The zero-order chi connectivity index (χ0) is 15.1. The second-order valence-corrected chi connectivity index (χ2v) is 5.21. The summed E-state index contributed by atoms with van der Waals surface area (Å²) in [5.74, 6) is -0.760. The summed E-state index contributed by atoms with van der Waals surface area (Å²) in [6.45, 7) is -0.268. The summed E-state index contributed by atoms with van der Waals surface area (Å²) in [7, 11) is 1.52. The second kappa shape index (κ2) is 4.76. The highest BCUT2D eigenvalue weighted by atomic mass is 16.5. The van der Waals surface area contributed by atoms with Crippen molar-refractivity contribution in [3.63, 3.8) is 0 Å². The summed E-state index contributed by atoms with van der Waals surface area (Å²) in [6.07, 6.45) is 0.626. The first-order valence-electron chi connectivity index (χ1n) is 6.60. The molecule has 2 atom stereocenters. The molecule has 1 heterocycles. The Morgan fingerprint density at radius 2 is 2.05 bits per heavy atom. The van der Waals surface area contributed by atoms with Gasteiger partial charge >= 0.3 is 0 Å². The number of benzene rings is 1. The number of nitrogen functional groups attached to an aromatic ring is 1. The van der Waals surface area contributed by atoms with Gasteiger partial charge in [0.2, 0.25) is 17.7 Å². The first kappa shape index (κ1) is 13.4. The van der Waals surface area contributed by atoms with E-state index in [4.69, 9.17) is 10.5 Å². The van der Waals surface area contributed by atoms with Gasteiger partial charge in [0.25, 0.3) is 0 Å². The lowest BCUT2D eigenvalue weighted by atomic mass is 10.2. The predicted molar refractivity (Wildman–Crippen MR) is 74.4 cm³/mol. The number of carbonyl (C=O) groups excluding carboxylic acids is 3. The lowest BCUT2D eigenvalue weighted by Crippen LogP contribution is -2.39. The summed E-state index contributed by atoms with van der Waals surface area (Å²) in [5, 5.41) is 2.59. The van der Waals surface area contributed by atoms with Crippen LogP contribution in [0.15, 0.2) is 18.2 Å². The molecule has 110 valence electrons. The Morgan fingerprint density at radius 1 is 1.38 bits per heavy atom. The maximum absolute atomic E-state index is 11.9. The quantitative estimate of drug-likeness (QED) is 0.610. The number of ether oxygens (including phenoxy) is 1. The molecule has 3 N–H and O–H groups in total. The van der Waals surface area contributed by atoms with Gasteiger partial charge in [0.15, 0.2) is 0 Å². The van der Waals surface area contributed by atoms with Crippen LogP contribution in [0.4, 0.5) is 11.4 Å². The molecule has 21 heavy (non-hydrogen) atoms. The number of methoxy groups -OCH3 is 1. The van der Waals surface area contributed by atoms with E-state index < -0.39 is 5.91 Å². The molecule has 0 aromatic heterocycles. The maximum atomic E-state index is 11.9. The highest BCUT2D eigenvalue weighted by Gasteiger charge is 2.59. The molecular weight excluding hydrogens is 274 g/mol. The molecule has 1 aliphatic heterocycles. The van der Waals surface area contributed by atoms with Gasteiger partial charge in [-0.2, -0.15) is 0 Å². The van der Waals surface area contributed by atoms with E-state index in [1.54, 1.807) is 18.2 Å². The van der Waals surface area contributed by atoms with Gasteiger partial charge in [-0.05, 0) is 18.6 Å². The van der Waals surface area contributed by atoms with Crippen LogP contribution in [0.2, 0.25) is 0 Å². The number of imide groups is 1. The van der Waals surface area contributed by atoms with Gasteiger partial charge in [-0.25, -0.2) is 0 Å². The minimum atomic E-state index is -0.449. The number of hydrogen-bond donors (Lipinski definition) is 2. The van der Waals surface area contributed by atoms with Crippen molar-refractivity contribution >= 4 is 29.1 Å². The average molecular weight is 289 g/mol. The van der Waals surface area contributed by atoms with Crippen molar-refractivity contribution in [2.24, 2.45) is 11.8 Å². The van der Waals surface area contributed by atoms with Crippen molar-refractivity contribution in [2.45, 2.75) is 6.42 Å². The van der Waals surface area contributed by atoms with Crippen LogP contribution in [0, 0.1) is 11.8 Å². The van der Waals surface area contributed by atoms with E-state index in [1.165, 1.54) is 7.11 Å². The van der Waals surface area contributed by atoms with E-state index in [0.29, 0.717) is 23.5 Å². The van der Waals surface area contributed by atoms with Crippen LogP contribution < -0.4 is 15.8 Å². The monoisotopic (exact) mass is 289 g/mol. The third kappa shape index (κ3) is 2.31. The molecule has 3 rings (SSSR count). The van der Waals surface area contributed by atoms with Crippen LogP contribution in [0.3, 0.4) is 0 Å². The SMILES string of the molecule is COc1ccc(NC(=O)CN2C(=O)C3CC3C2=O)c(N)c1. The molecule has 7 nitrogen and oxygen atoms in total. The number of likely N-dealkylation sites (tertiary alicyclic amines) is 1. The number of nitrogens with zero attached hydrogens (tertiary/aromatic N) is 1.